The zero-order chi connectivity index (χ0) is 13.1. The molecular formula is C12H13NO5. The van der Waals surface area contributed by atoms with Gasteiger partial charge in [0.05, 0.1) is 11.3 Å². The number of anilines is 1. The average molecular weight is 251 g/mol. The molecule has 0 aliphatic carbocycles. The Morgan fingerprint density at radius 2 is 2.17 bits per heavy atom. The van der Waals surface area contributed by atoms with Crippen molar-refractivity contribution in [3.63, 3.8) is 0 Å². The maximum Gasteiger partial charge on any atom is 0.335 e. The van der Waals surface area contributed by atoms with Crippen molar-refractivity contribution in [3.05, 3.63) is 23.8 Å². The van der Waals surface area contributed by atoms with Crippen LogP contribution < -0.4 is 5.32 Å². The molecule has 1 heterocycles. The van der Waals surface area contributed by atoms with Gasteiger partial charge in [-0.3, -0.25) is 4.79 Å². The number of hydrogen-bond donors (Lipinski definition) is 3. The number of phenolic OH excluding ortho intramolecular Hbond substituents is 1. The van der Waals surface area contributed by atoms with Gasteiger partial charge in [-0.15, -0.1) is 0 Å². The molecule has 1 aromatic rings. The van der Waals surface area contributed by atoms with Crippen LogP contribution in [0.3, 0.4) is 0 Å². The topological polar surface area (TPSA) is 95.9 Å². The van der Waals surface area contributed by atoms with E-state index in [1.54, 1.807) is 0 Å². The van der Waals surface area contributed by atoms with E-state index in [9.17, 15) is 14.7 Å². The fourth-order valence-corrected chi connectivity index (χ4v) is 1.77. The molecule has 0 saturated carbocycles. The molecule has 1 aliphatic heterocycles. The number of amides is 1. The quantitative estimate of drug-likeness (QED) is 0.702. The molecule has 1 atom stereocenters. The van der Waals surface area contributed by atoms with E-state index in [1.807, 2.05) is 0 Å². The van der Waals surface area contributed by atoms with Crippen LogP contribution >= 0.6 is 0 Å². The van der Waals surface area contributed by atoms with Gasteiger partial charge in [0.25, 0.3) is 5.91 Å². The number of benzene rings is 1. The van der Waals surface area contributed by atoms with Gasteiger partial charge in [-0.05, 0) is 31.0 Å². The standard InChI is InChI=1S/C12H13NO5/c14-9-4-3-7(12(16)17)6-8(9)13-11(15)10-2-1-5-18-10/h3-4,6,10,14H,1-2,5H2,(H,13,15)(H,16,17). The van der Waals surface area contributed by atoms with E-state index in [1.165, 1.54) is 18.2 Å². The molecule has 6 nitrogen and oxygen atoms in total. The summed E-state index contributed by atoms with van der Waals surface area (Å²) in [6.45, 7) is 0.541. The highest BCUT2D eigenvalue weighted by atomic mass is 16.5. The summed E-state index contributed by atoms with van der Waals surface area (Å²) in [7, 11) is 0. The number of hydrogen-bond acceptors (Lipinski definition) is 4. The Morgan fingerprint density at radius 3 is 2.78 bits per heavy atom. The maximum atomic E-state index is 11.8. The highest BCUT2D eigenvalue weighted by Gasteiger charge is 2.24. The number of aromatic hydroxyl groups is 1. The minimum absolute atomic E-state index is 0.00422. The molecule has 1 fully saturated rings. The van der Waals surface area contributed by atoms with E-state index in [0.717, 1.165) is 6.42 Å². The minimum Gasteiger partial charge on any atom is -0.506 e. The maximum absolute atomic E-state index is 11.8. The van der Waals surface area contributed by atoms with Crippen molar-refractivity contribution in [2.75, 3.05) is 11.9 Å². The Balaban J connectivity index is 2.14. The second kappa shape index (κ2) is 5.05. The number of carboxylic acid groups (broad SMARTS) is 1. The van der Waals surface area contributed by atoms with Crippen LogP contribution in [0.2, 0.25) is 0 Å². The fourth-order valence-electron chi connectivity index (χ4n) is 1.77. The molecule has 3 N–H and O–H groups in total. The van der Waals surface area contributed by atoms with Crippen LogP contribution in [0.4, 0.5) is 5.69 Å². The Labute approximate surface area is 103 Å². The van der Waals surface area contributed by atoms with Crippen LogP contribution in [0.15, 0.2) is 18.2 Å². The molecule has 0 bridgehead atoms. The number of aromatic carboxylic acids is 1. The Bertz CT molecular complexity index is 479. The summed E-state index contributed by atoms with van der Waals surface area (Å²) in [5.74, 6) is -1.67. The van der Waals surface area contributed by atoms with Crippen molar-refractivity contribution in [1.82, 2.24) is 0 Å². The highest BCUT2D eigenvalue weighted by molar-refractivity contribution is 5.97. The third-order valence-electron chi connectivity index (χ3n) is 2.72. The second-order valence-electron chi connectivity index (χ2n) is 4.03. The van der Waals surface area contributed by atoms with Gasteiger partial charge in [-0.2, -0.15) is 0 Å². The van der Waals surface area contributed by atoms with Gasteiger partial charge in [0.2, 0.25) is 0 Å². The number of carbonyl (C=O) groups excluding carboxylic acids is 1. The predicted octanol–water partition coefficient (Wildman–Crippen LogP) is 1.21. The molecule has 0 aromatic heterocycles. The monoisotopic (exact) mass is 251 g/mol. The van der Waals surface area contributed by atoms with Crippen LogP contribution in [-0.2, 0) is 9.53 Å². The molecule has 2 rings (SSSR count). The first-order valence-corrected chi connectivity index (χ1v) is 5.56. The Kier molecular flexibility index (Phi) is 3.47. The lowest BCUT2D eigenvalue weighted by Crippen LogP contribution is -2.26. The minimum atomic E-state index is -1.12. The summed E-state index contributed by atoms with van der Waals surface area (Å²) in [6.07, 6.45) is 0.919. The van der Waals surface area contributed by atoms with Crippen LogP contribution in [0.25, 0.3) is 0 Å². The molecule has 6 heteroatoms. The summed E-state index contributed by atoms with van der Waals surface area (Å²) in [5, 5.41) is 20.9. The summed E-state index contributed by atoms with van der Waals surface area (Å²) >= 11 is 0. The van der Waals surface area contributed by atoms with E-state index >= 15 is 0 Å². The number of carboxylic acids is 1. The van der Waals surface area contributed by atoms with E-state index in [-0.39, 0.29) is 22.9 Å². The van der Waals surface area contributed by atoms with E-state index < -0.39 is 12.1 Å². The highest BCUT2D eigenvalue weighted by Crippen LogP contribution is 2.25. The summed E-state index contributed by atoms with van der Waals surface area (Å²) in [4.78, 5) is 22.5. The molecule has 96 valence electrons. The molecule has 18 heavy (non-hydrogen) atoms. The molecule has 0 radical (unpaired) electrons. The van der Waals surface area contributed by atoms with Crippen LogP contribution in [0.1, 0.15) is 23.2 Å². The summed E-state index contributed by atoms with van der Waals surface area (Å²) < 4.78 is 5.19. The summed E-state index contributed by atoms with van der Waals surface area (Å²) in [6, 6.07) is 3.71. The van der Waals surface area contributed by atoms with Crippen molar-refractivity contribution in [2.45, 2.75) is 18.9 Å². The van der Waals surface area contributed by atoms with E-state index in [0.29, 0.717) is 13.0 Å². The molecular weight excluding hydrogens is 238 g/mol. The van der Waals surface area contributed by atoms with Crippen molar-refractivity contribution in [3.8, 4) is 5.75 Å². The van der Waals surface area contributed by atoms with Crippen molar-refractivity contribution < 1.29 is 24.5 Å². The van der Waals surface area contributed by atoms with Gasteiger partial charge in [-0.1, -0.05) is 0 Å². The number of phenols is 1. The third-order valence-corrected chi connectivity index (χ3v) is 2.72. The zero-order valence-corrected chi connectivity index (χ0v) is 9.55. The fraction of sp³-hybridized carbons (Fsp3) is 0.333. The lowest BCUT2D eigenvalue weighted by atomic mass is 10.1. The van der Waals surface area contributed by atoms with Crippen LogP contribution in [0.5, 0.6) is 5.75 Å². The first-order chi connectivity index (χ1) is 8.58. The van der Waals surface area contributed by atoms with Gasteiger partial charge in [-0.25, -0.2) is 4.79 Å². The average Bonchev–Trinajstić information content (AvgIpc) is 2.85. The molecule has 1 amide bonds. The summed E-state index contributed by atoms with van der Waals surface area (Å²) in [5.41, 5.74) is 0.0749. The van der Waals surface area contributed by atoms with Crippen LogP contribution in [-0.4, -0.2) is 34.8 Å². The lowest BCUT2D eigenvalue weighted by Gasteiger charge is -2.12. The third kappa shape index (κ3) is 2.60. The van der Waals surface area contributed by atoms with Gasteiger partial charge in [0, 0.05) is 6.61 Å². The molecule has 1 aromatic carbocycles. The van der Waals surface area contributed by atoms with E-state index in [4.69, 9.17) is 9.84 Å². The second-order valence-corrected chi connectivity index (χ2v) is 4.03. The largest absolute Gasteiger partial charge is 0.506 e. The van der Waals surface area contributed by atoms with Crippen LogP contribution in [0, 0.1) is 0 Å². The number of carbonyl (C=O) groups is 2. The molecule has 1 unspecified atom stereocenters. The van der Waals surface area contributed by atoms with Gasteiger partial charge in [0.15, 0.2) is 0 Å². The van der Waals surface area contributed by atoms with Gasteiger partial charge >= 0.3 is 5.97 Å². The lowest BCUT2D eigenvalue weighted by molar-refractivity contribution is -0.124. The normalized spacial score (nSPS) is 18.6. The van der Waals surface area contributed by atoms with Crippen molar-refractivity contribution >= 4 is 17.6 Å². The SMILES string of the molecule is O=C(O)c1ccc(O)c(NC(=O)C2CCCO2)c1. The van der Waals surface area contributed by atoms with E-state index in [2.05, 4.69) is 5.32 Å². The first-order valence-electron chi connectivity index (χ1n) is 5.56. The first kappa shape index (κ1) is 12.4. The number of nitrogens with one attached hydrogen (secondary N) is 1. The molecule has 0 spiro atoms. The smallest absolute Gasteiger partial charge is 0.335 e. The Hall–Kier alpha value is -2.08. The number of ether oxygens (including phenoxy) is 1. The van der Waals surface area contributed by atoms with Gasteiger partial charge < -0.3 is 20.3 Å². The van der Waals surface area contributed by atoms with Gasteiger partial charge in [0.1, 0.15) is 11.9 Å². The molecule has 1 saturated heterocycles. The Morgan fingerprint density at radius 1 is 1.39 bits per heavy atom. The van der Waals surface area contributed by atoms with Crippen molar-refractivity contribution in [1.29, 1.82) is 0 Å². The number of rotatable bonds is 3. The van der Waals surface area contributed by atoms with Crippen molar-refractivity contribution in [2.24, 2.45) is 0 Å². The zero-order valence-electron chi connectivity index (χ0n) is 9.55. The molecule has 1 aliphatic rings. The predicted molar refractivity (Wildman–Crippen MR) is 62.7 cm³/mol.